The number of rotatable bonds is 9. The van der Waals surface area contributed by atoms with Crippen molar-refractivity contribution in [3.05, 3.63) is 95.6 Å². The first-order valence-electron chi connectivity index (χ1n) is 13.3. The molecule has 41 heavy (non-hydrogen) atoms. The number of carbonyl (C=O) groups is 2. The molecule has 1 heterocycles. The fraction of sp³-hybridized carbons (Fsp3) is 0.258. The van der Waals surface area contributed by atoms with Gasteiger partial charge in [-0.1, -0.05) is 61.4 Å². The molecule has 0 fully saturated rings. The van der Waals surface area contributed by atoms with Crippen LogP contribution in [0.3, 0.4) is 0 Å². The number of hydrogen-bond donors (Lipinski definition) is 2. The number of urea groups is 1. The summed E-state index contributed by atoms with van der Waals surface area (Å²) >= 11 is 0. The van der Waals surface area contributed by atoms with Crippen LogP contribution in [0.4, 0.5) is 29.5 Å². The number of aromatic nitrogens is 2. The standard InChI is InChI=1S/C31H32F3N5O2/c1-4-5-17-38(30(41)35-25-14-12-24(13-15-25)31(32,33)34)20-29(40)36-28-19-26(23-9-7-6-8-10-23)37-39(28)27-16-11-21(2)18-22(27)3/h6-16,18-19H,4-5,17,20H2,1-3H3,(H,35,41)(H,36,40). The van der Waals surface area contributed by atoms with E-state index in [4.69, 9.17) is 5.10 Å². The third-order valence-corrected chi connectivity index (χ3v) is 6.49. The first kappa shape index (κ1) is 29.4. The van der Waals surface area contributed by atoms with Crippen LogP contribution in [0, 0.1) is 13.8 Å². The van der Waals surface area contributed by atoms with Gasteiger partial charge in [-0.25, -0.2) is 9.48 Å². The van der Waals surface area contributed by atoms with Crippen molar-refractivity contribution in [2.75, 3.05) is 23.7 Å². The number of alkyl halides is 3. The predicted octanol–water partition coefficient (Wildman–Crippen LogP) is 7.45. The minimum Gasteiger partial charge on any atom is -0.315 e. The van der Waals surface area contributed by atoms with Gasteiger partial charge in [-0.05, 0) is 56.2 Å². The highest BCUT2D eigenvalue weighted by Crippen LogP contribution is 2.30. The summed E-state index contributed by atoms with van der Waals surface area (Å²) in [6.45, 7) is 5.96. The Morgan fingerprint density at radius 1 is 0.927 bits per heavy atom. The van der Waals surface area contributed by atoms with Gasteiger partial charge in [-0.2, -0.15) is 18.3 Å². The summed E-state index contributed by atoms with van der Waals surface area (Å²) in [7, 11) is 0. The lowest BCUT2D eigenvalue weighted by Crippen LogP contribution is -2.41. The number of aryl methyl sites for hydroxylation is 2. The summed E-state index contributed by atoms with van der Waals surface area (Å²) < 4.78 is 40.4. The molecule has 0 aliphatic rings. The number of amides is 3. The molecule has 0 bridgehead atoms. The Bertz CT molecular complexity index is 1500. The number of carbonyl (C=O) groups excluding carboxylic acids is 2. The molecule has 0 atom stereocenters. The van der Waals surface area contributed by atoms with E-state index in [0.29, 0.717) is 24.5 Å². The van der Waals surface area contributed by atoms with Crippen LogP contribution in [0.1, 0.15) is 36.5 Å². The molecule has 3 aromatic carbocycles. The van der Waals surface area contributed by atoms with E-state index >= 15 is 0 Å². The van der Waals surface area contributed by atoms with Gasteiger partial charge in [0.25, 0.3) is 0 Å². The summed E-state index contributed by atoms with van der Waals surface area (Å²) in [5.41, 5.74) is 3.81. The van der Waals surface area contributed by atoms with Crippen LogP contribution in [-0.4, -0.2) is 39.7 Å². The highest BCUT2D eigenvalue weighted by atomic mass is 19.4. The number of anilines is 2. The quantitative estimate of drug-likeness (QED) is 0.222. The van der Waals surface area contributed by atoms with Gasteiger partial charge in [-0.15, -0.1) is 0 Å². The van der Waals surface area contributed by atoms with Crippen molar-refractivity contribution >= 4 is 23.4 Å². The second-order valence-corrected chi connectivity index (χ2v) is 9.81. The monoisotopic (exact) mass is 563 g/mol. The molecule has 7 nitrogen and oxygen atoms in total. The fourth-order valence-corrected chi connectivity index (χ4v) is 4.35. The molecule has 0 aliphatic carbocycles. The van der Waals surface area contributed by atoms with Gasteiger partial charge in [0.1, 0.15) is 12.4 Å². The zero-order chi connectivity index (χ0) is 29.6. The van der Waals surface area contributed by atoms with Crippen LogP contribution in [0.2, 0.25) is 0 Å². The molecule has 0 saturated carbocycles. The molecule has 3 amide bonds. The van der Waals surface area contributed by atoms with Crippen LogP contribution < -0.4 is 10.6 Å². The first-order chi connectivity index (χ1) is 19.5. The maximum absolute atomic E-state index is 13.3. The third-order valence-electron chi connectivity index (χ3n) is 6.49. The summed E-state index contributed by atoms with van der Waals surface area (Å²) in [4.78, 5) is 27.6. The lowest BCUT2D eigenvalue weighted by molar-refractivity contribution is -0.137. The molecule has 0 spiro atoms. The molecule has 0 aliphatic heterocycles. The normalized spacial score (nSPS) is 11.3. The molecular formula is C31H32F3N5O2. The Morgan fingerprint density at radius 2 is 1.63 bits per heavy atom. The number of halogens is 3. The zero-order valence-electron chi connectivity index (χ0n) is 23.1. The fourth-order valence-electron chi connectivity index (χ4n) is 4.35. The molecule has 4 aromatic rings. The molecule has 2 N–H and O–H groups in total. The van der Waals surface area contributed by atoms with E-state index in [1.165, 1.54) is 17.0 Å². The molecule has 0 unspecified atom stereocenters. The van der Waals surface area contributed by atoms with Crippen molar-refractivity contribution in [3.8, 4) is 16.9 Å². The van der Waals surface area contributed by atoms with Gasteiger partial charge in [0, 0.05) is 23.9 Å². The van der Waals surface area contributed by atoms with Gasteiger partial charge in [0.2, 0.25) is 5.91 Å². The van der Waals surface area contributed by atoms with E-state index in [1.54, 1.807) is 10.7 Å². The van der Waals surface area contributed by atoms with Crippen molar-refractivity contribution in [1.29, 1.82) is 0 Å². The van der Waals surface area contributed by atoms with Crippen LogP contribution in [0.25, 0.3) is 16.9 Å². The van der Waals surface area contributed by atoms with Gasteiger partial charge in [0.15, 0.2) is 0 Å². The van der Waals surface area contributed by atoms with Crippen molar-refractivity contribution < 1.29 is 22.8 Å². The summed E-state index contributed by atoms with van der Waals surface area (Å²) in [5, 5.41) is 10.3. The maximum atomic E-state index is 13.3. The Morgan fingerprint density at radius 3 is 2.27 bits per heavy atom. The number of hydrogen-bond acceptors (Lipinski definition) is 3. The van der Waals surface area contributed by atoms with Crippen LogP contribution in [-0.2, 0) is 11.0 Å². The lowest BCUT2D eigenvalue weighted by atomic mass is 10.1. The average molecular weight is 564 g/mol. The van der Waals surface area contributed by atoms with Crippen molar-refractivity contribution in [2.45, 2.75) is 39.8 Å². The lowest BCUT2D eigenvalue weighted by Gasteiger charge is -2.23. The van der Waals surface area contributed by atoms with Crippen LogP contribution >= 0.6 is 0 Å². The van der Waals surface area contributed by atoms with Crippen molar-refractivity contribution in [1.82, 2.24) is 14.7 Å². The van der Waals surface area contributed by atoms with Crippen LogP contribution in [0.15, 0.2) is 78.9 Å². The Balaban J connectivity index is 1.55. The van der Waals surface area contributed by atoms with Gasteiger partial charge < -0.3 is 15.5 Å². The largest absolute Gasteiger partial charge is 0.416 e. The maximum Gasteiger partial charge on any atom is 0.416 e. The van der Waals surface area contributed by atoms with E-state index in [-0.39, 0.29) is 12.2 Å². The minimum atomic E-state index is -4.47. The molecule has 10 heteroatoms. The van der Waals surface area contributed by atoms with Crippen molar-refractivity contribution in [3.63, 3.8) is 0 Å². The Hall–Kier alpha value is -4.60. The first-order valence-corrected chi connectivity index (χ1v) is 13.3. The van der Waals surface area contributed by atoms with E-state index in [2.05, 4.69) is 10.6 Å². The van der Waals surface area contributed by atoms with Crippen LogP contribution in [0.5, 0.6) is 0 Å². The van der Waals surface area contributed by atoms with E-state index in [0.717, 1.165) is 40.9 Å². The Kier molecular flexibility index (Phi) is 9.11. The summed E-state index contributed by atoms with van der Waals surface area (Å²) in [5.74, 6) is 0.00796. The molecule has 0 saturated heterocycles. The molecule has 0 radical (unpaired) electrons. The minimum absolute atomic E-state index is 0.199. The van der Waals surface area contributed by atoms with Gasteiger partial charge in [0.05, 0.1) is 16.9 Å². The number of nitrogens with one attached hydrogen (secondary N) is 2. The topological polar surface area (TPSA) is 79.3 Å². The number of nitrogens with zero attached hydrogens (tertiary/aromatic N) is 3. The predicted molar refractivity (Wildman–Crippen MR) is 154 cm³/mol. The number of unbranched alkanes of at least 4 members (excludes halogenated alkanes) is 1. The second kappa shape index (κ2) is 12.7. The highest BCUT2D eigenvalue weighted by Gasteiger charge is 2.30. The van der Waals surface area contributed by atoms with Crippen molar-refractivity contribution in [2.24, 2.45) is 0 Å². The van der Waals surface area contributed by atoms with E-state index in [9.17, 15) is 22.8 Å². The van der Waals surface area contributed by atoms with Gasteiger partial charge in [-0.3, -0.25) is 4.79 Å². The second-order valence-electron chi connectivity index (χ2n) is 9.81. The Labute approximate surface area is 237 Å². The zero-order valence-corrected chi connectivity index (χ0v) is 23.1. The number of benzene rings is 3. The van der Waals surface area contributed by atoms with E-state index in [1.807, 2.05) is 69.3 Å². The smallest absolute Gasteiger partial charge is 0.315 e. The molecule has 4 rings (SSSR count). The van der Waals surface area contributed by atoms with Gasteiger partial charge >= 0.3 is 12.2 Å². The summed E-state index contributed by atoms with van der Waals surface area (Å²) in [6.07, 6.45) is -3.05. The summed E-state index contributed by atoms with van der Waals surface area (Å²) in [6, 6.07) is 20.9. The van der Waals surface area contributed by atoms with E-state index < -0.39 is 23.7 Å². The average Bonchev–Trinajstić information content (AvgIpc) is 3.34. The molecule has 1 aromatic heterocycles. The SMILES string of the molecule is CCCCN(CC(=O)Nc1cc(-c2ccccc2)nn1-c1ccc(C)cc1C)C(=O)Nc1ccc(C(F)(F)F)cc1. The highest BCUT2D eigenvalue weighted by molar-refractivity contribution is 5.97. The molecule has 214 valence electrons. The molecular weight excluding hydrogens is 531 g/mol. The third kappa shape index (κ3) is 7.53.